The number of rotatable bonds is 6. The van der Waals surface area contributed by atoms with E-state index < -0.39 is 10.0 Å². The van der Waals surface area contributed by atoms with Crippen LogP contribution in [-0.4, -0.2) is 27.2 Å². The Bertz CT molecular complexity index is 1040. The quantitative estimate of drug-likeness (QED) is 0.635. The maximum absolute atomic E-state index is 13.4. The smallest absolute Gasteiger partial charge is 0.264 e. The van der Waals surface area contributed by atoms with Gasteiger partial charge in [-0.3, -0.25) is 4.31 Å². The second kappa shape index (κ2) is 7.44. The average molecular weight is 386 g/mol. The lowest BCUT2D eigenvalue weighted by Gasteiger charge is -2.24. The molecule has 6 nitrogen and oxygen atoms in total. The number of methoxy groups -OCH3 is 1. The highest BCUT2D eigenvalue weighted by molar-refractivity contribution is 7.92. The highest BCUT2D eigenvalue weighted by Crippen LogP contribution is 2.30. The van der Waals surface area contributed by atoms with Crippen LogP contribution in [0.3, 0.4) is 0 Å². The summed E-state index contributed by atoms with van der Waals surface area (Å²) in [5.74, 6) is 1.21. The van der Waals surface area contributed by atoms with Gasteiger partial charge in [0.15, 0.2) is 5.76 Å². The van der Waals surface area contributed by atoms with E-state index >= 15 is 0 Å². The molecule has 1 heterocycles. The zero-order valence-electron chi connectivity index (χ0n) is 15.8. The minimum Gasteiger partial charge on any atom is -0.497 e. The summed E-state index contributed by atoms with van der Waals surface area (Å²) in [4.78, 5) is 0.242. The van der Waals surface area contributed by atoms with Gasteiger partial charge in [0.2, 0.25) is 0 Å². The highest BCUT2D eigenvalue weighted by Gasteiger charge is 2.26. The molecule has 0 aliphatic heterocycles. The van der Waals surface area contributed by atoms with Crippen LogP contribution in [0.4, 0.5) is 5.69 Å². The third kappa shape index (κ3) is 3.68. The average Bonchev–Trinajstić information content (AvgIpc) is 3.09. The third-order valence-corrected chi connectivity index (χ3v) is 6.36. The molecule has 0 unspecified atom stereocenters. The molecule has 3 rings (SSSR count). The number of hydrogen-bond acceptors (Lipinski definition) is 5. The molecule has 2 aromatic carbocycles. The van der Waals surface area contributed by atoms with Crippen molar-refractivity contribution in [2.45, 2.75) is 25.7 Å². The van der Waals surface area contributed by atoms with Gasteiger partial charge >= 0.3 is 0 Å². The van der Waals surface area contributed by atoms with E-state index in [1.165, 1.54) is 4.31 Å². The number of anilines is 1. The van der Waals surface area contributed by atoms with Crippen molar-refractivity contribution in [3.8, 4) is 17.1 Å². The second-order valence-corrected chi connectivity index (χ2v) is 8.01. The number of nitrogens with zero attached hydrogens (tertiary/aromatic N) is 2. The fraction of sp³-hybridized carbons (Fsp3) is 0.250. The van der Waals surface area contributed by atoms with Gasteiger partial charge in [-0.1, -0.05) is 17.3 Å². The predicted molar refractivity (Wildman–Crippen MR) is 105 cm³/mol. The van der Waals surface area contributed by atoms with Crippen LogP contribution in [0.5, 0.6) is 5.75 Å². The Hall–Kier alpha value is -2.80. The number of hydrogen-bond donors (Lipinski definition) is 0. The fourth-order valence-corrected chi connectivity index (χ4v) is 4.62. The summed E-state index contributed by atoms with van der Waals surface area (Å²) in [5.41, 5.74) is 2.66. The molecular weight excluding hydrogens is 364 g/mol. The maximum atomic E-state index is 13.4. The molecule has 1 aromatic heterocycles. The van der Waals surface area contributed by atoms with Crippen molar-refractivity contribution in [1.29, 1.82) is 0 Å². The van der Waals surface area contributed by atoms with Gasteiger partial charge in [0, 0.05) is 18.2 Å². The van der Waals surface area contributed by atoms with Crippen molar-refractivity contribution in [3.05, 3.63) is 59.8 Å². The fourth-order valence-electron chi connectivity index (χ4n) is 2.89. The zero-order chi connectivity index (χ0) is 19.6. The van der Waals surface area contributed by atoms with Crippen molar-refractivity contribution in [3.63, 3.8) is 0 Å². The molecule has 0 N–H and O–H groups in total. The standard InChI is InChI=1S/C20H22N2O4S/c1-5-22(17-8-10-18(25-4)11-9-17)27(23,24)20-13-16(7-6-14(20)2)19-12-15(3)21-26-19/h6-13H,5H2,1-4H3. The maximum Gasteiger partial charge on any atom is 0.264 e. The number of benzene rings is 2. The van der Waals surface area contributed by atoms with Gasteiger partial charge in [0.1, 0.15) is 5.75 Å². The summed E-state index contributed by atoms with van der Waals surface area (Å²) in [5, 5.41) is 3.88. The molecule has 0 atom stereocenters. The van der Waals surface area contributed by atoms with E-state index in [-0.39, 0.29) is 4.90 Å². The number of aryl methyl sites for hydroxylation is 2. The molecule has 7 heteroatoms. The van der Waals surface area contributed by atoms with Crippen LogP contribution >= 0.6 is 0 Å². The van der Waals surface area contributed by atoms with Gasteiger partial charge < -0.3 is 9.26 Å². The molecule has 0 radical (unpaired) electrons. The number of ether oxygens (including phenoxy) is 1. The summed E-state index contributed by atoms with van der Waals surface area (Å²) >= 11 is 0. The molecule has 0 spiro atoms. The van der Waals surface area contributed by atoms with Crippen LogP contribution in [0.1, 0.15) is 18.2 Å². The van der Waals surface area contributed by atoms with Gasteiger partial charge in [0.05, 0.1) is 23.4 Å². The Morgan fingerprint density at radius 1 is 1.07 bits per heavy atom. The van der Waals surface area contributed by atoms with E-state index in [0.29, 0.717) is 34.9 Å². The molecule has 0 bridgehead atoms. The highest BCUT2D eigenvalue weighted by atomic mass is 32.2. The van der Waals surface area contributed by atoms with Crippen molar-refractivity contribution < 1.29 is 17.7 Å². The van der Waals surface area contributed by atoms with Crippen LogP contribution in [0.15, 0.2) is 57.9 Å². The van der Waals surface area contributed by atoms with E-state index in [1.807, 2.05) is 13.0 Å². The largest absolute Gasteiger partial charge is 0.497 e. The molecule has 142 valence electrons. The summed E-state index contributed by atoms with van der Waals surface area (Å²) in [6, 6.07) is 14.0. The summed E-state index contributed by atoms with van der Waals surface area (Å²) < 4.78 is 38.6. The van der Waals surface area contributed by atoms with Gasteiger partial charge in [-0.25, -0.2) is 8.42 Å². The SMILES string of the molecule is CCN(c1ccc(OC)cc1)S(=O)(=O)c1cc(-c2cc(C)no2)ccc1C. The topological polar surface area (TPSA) is 72.6 Å². The minimum absolute atomic E-state index is 0.242. The van der Waals surface area contributed by atoms with Crippen molar-refractivity contribution in [2.24, 2.45) is 0 Å². The van der Waals surface area contributed by atoms with Crippen molar-refractivity contribution in [2.75, 3.05) is 18.0 Å². The lowest BCUT2D eigenvalue weighted by atomic mass is 10.1. The van der Waals surface area contributed by atoms with Gasteiger partial charge in [-0.05, 0) is 56.7 Å². The van der Waals surface area contributed by atoms with Crippen LogP contribution in [0.25, 0.3) is 11.3 Å². The molecular formula is C20H22N2O4S. The predicted octanol–water partition coefficient (Wildman–Crippen LogP) is 4.18. The summed E-state index contributed by atoms with van der Waals surface area (Å²) in [6.45, 7) is 5.71. The van der Waals surface area contributed by atoms with Crippen molar-refractivity contribution >= 4 is 15.7 Å². The van der Waals surface area contributed by atoms with E-state index in [2.05, 4.69) is 5.16 Å². The molecule has 0 aliphatic carbocycles. The zero-order valence-corrected chi connectivity index (χ0v) is 16.6. The summed E-state index contributed by atoms with van der Waals surface area (Å²) in [7, 11) is -2.17. The van der Waals surface area contributed by atoms with Crippen LogP contribution in [-0.2, 0) is 10.0 Å². The minimum atomic E-state index is -3.75. The van der Waals surface area contributed by atoms with Crippen LogP contribution in [0, 0.1) is 13.8 Å². The van der Waals surface area contributed by atoms with Gasteiger partial charge in [0.25, 0.3) is 10.0 Å². The lowest BCUT2D eigenvalue weighted by molar-refractivity contribution is 0.415. The Kier molecular flexibility index (Phi) is 5.23. The number of aromatic nitrogens is 1. The number of sulfonamides is 1. The van der Waals surface area contributed by atoms with Crippen molar-refractivity contribution in [1.82, 2.24) is 5.16 Å². The monoisotopic (exact) mass is 386 g/mol. The molecule has 0 amide bonds. The third-order valence-electron chi connectivity index (χ3n) is 4.32. The lowest BCUT2D eigenvalue weighted by Crippen LogP contribution is -2.31. The molecule has 0 saturated carbocycles. The molecule has 27 heavy (non-hydrogen) atoms. The van der Waals surface area contributed by atoms with Gasteiger partial charge in [-0.15, -0.1) is 0 Å². The molecule has 0 aliphatic rings. The van der Waals surface area contributed by atoms with Crippen LogP contribution in [0.2, 0.25) is 0 Å². The Balaban J connectivity index is 2.06. The molecule has 0 saturated heterocycles. The first-order valence-corrected chi connectivity index (χ1v) is 10.0. The Morgan fingerprint density at radius 3 is 2.33 bits per heavy atom. The van der Waals surface area contributed by atoms with E-state index in [4.69, 9.17) is 9.26 Å². The normalized spacial score (nSPS) is 11.4. The first kappa shape index (κ1) is 19.0. The van der Waals surface area contributed by atoms with E-state index in [1.54, 1.807) is 63.4 Å². The van der Waals surface area contributed by atoms with E-state index in [0.717, 1.165) is 5.69 Å². The first-order valence-electron chi connectivity index (χ1n) is 8.58. The molecule has 0 fully saturated rings. The van der Waals surface area contributed by atoms with Gasteiger partial charge in [-0.2, -0.15) is 0 Å². The second-order valence-electron chi connectivity index (χ2n) is 6.18. The Labute approximate surface area is 159 Å². The summed E-state index contributed by atoms with van der Waals surface area (Å²) in [6.07, 6.45) is 0. The Morgan fingerprint density at radius 2 is 1.78 bits per heavy atom. The first-order chi connectivity index (χ1) is 12.9. The van der Waals surface area contributed by atoms with Crippen LogP contribution < -0.4 is 9.04 Å². The molecule has 3 aromatic rings. The van der Waals surface area contributed by atoms with E-state index in [9.17, 15) is 8.42 Å².